The molecule has 21 heavy (non-hydrogen) atoms. The lowest BCUT2D eigenvalue weighted by molar-refractivity contribution is -0.385. The Morgan fingerprint density at radius 2 is 2.00 bits per heavy atom. The normalized spacial score (nSPS) is 16.0. The Morgan fingerprint density at radius 3 is 2.62 bits per heavy atom. The van der Waals surface area contributed by atoms with Gasteiger partial charge in [0.15, 0.2) is 0 Å². The average molecular weight is 288 g/mol. The summed E-state index contributed by atoms with van der Waals surface area (Å²) in [7, 11) is 0. The Labute approximate surface area is 124 Å². The zero-order valence-electron chi connectivity index (χ0n) is 12.0. The van der Waals surface area contributed by atoms with E-state index >= 15 is 0 Å². The van der Waals surface area contributed by atoms with Crippen LogP contribution in [0.2, 0.25) is 0 Å². The van der Waals surface area contributed by atoms with Crippen LogP contribution in [0.4, 0.5) is 11.4 Å². The van der Waals surface area contributed by atoms with E-state index in [1.54, 1.807) is 12.1 Å². The molecule has 112 valence electrons. The minimum absolute atomic E-state index is 0.0970. The molecule has 0 amide bonds. The summed E-state index contributed by atoms with van der Waals surface area (Å²) < 4.78 is 0. The monoisotopic (exact) mass is 288 g/mol. The van der Waals surface area contributed by atoms with Crippen LogP contribution in [0.1, 0.15) is 31.2 Å². The van der Waals surface area contributed by atoms with E-state index in [0.29, 0.717) is 0 Å². The molecule has 0 unspecified atom stereocenters. The number of nitriles is 1. The van der Waals surface area contributed by atoms with Crippen molar-refractivity contribution in [3.63, 3.8) is 0 Å². The molecule has 0 saturated carbocycles. The maximum atomic E-state index is 10.8. The highest BCUT2D eigenvalue weighted by atomic mass is 16.6. The van der Waals surface area contributed by atoms with Crippen LogP contribution in [-0.4, -0.2) is 36.0 Å². The number of nitro benzene ring substituents is 1. The molecule has 0 bridgehead atoms. The lowest BCUT2D eigenvalue weighted by atomic mass is 10.2. The first-order valence-electron chi connectivity index (χ1n) is 7.35. The molecule has 0 aliphatic carbocycles. The molecule has 0 aromatic heterocycles. The second-order valence-corrected chi connectivity index (χ2v) is 5.28. The predicted octanol–water partition coefficient (Wildman–Crippen LogP) is 2.75. The summed E-state index contributed by atoms with van der Waals surface area (Å²) in [5.41, 5.74) is 0.710. The maximum absolute atomic E-state index is 10.8. The maximum Gasteiger partial charge on any atom is 0.287 e. The van der Waals surface area contributed by atoms with Crippen LogP contribution in [0.5, 0.6) is 0 Å². The molecule has 2 rings (SSSR count). The molecule has 6 nitrogen and oxygen atoms in total. The summed E-state index contributed by atoms with van der Waals surface area (Å²) in [6.07, 6.45) is 5.15. The molecule has 6 heteroatoms. The zero-order chi connectivity index (χ0) is 15.1. The SMILES string of the molecule is N#Cc1cc(NCCN2CCCCCC2)ccc1[N+](=O)[O-]. The molecule has 1 heterocycles. The summed E-state index contributed by atoms with van der Waals surface area (Å²) in [5, 5.41) is 23.0. The van der Waals surface area contributed by atoms with Crippen LogP contribution >= 0.6 is 0 Å². The molecule has 1 aromatic carbocycles. The van der Waals surface area contributed by atoms with E-state index in [-0.39, 0.29) is 11.3 Å². The Balaban J connectivity index is 1.88. The van der Waals surface area contributed by atoms with E-state index in [0.717, 1.165) is 31.9 Å². The molecule has 1 aliphatic rings. The number of anilines is 1. The van der Waals surface area contributed by atoms with Crippen molar-refractivity contribution in [2.24, 2.45) is 0 Å². The quantitative estimate of drug-likeness (QED) is 0.665. The third-order valence-corrected chi connectivity index (χ3v) is 3.77. The molecule has 0 radical (unpaired) electrons. The van der Waals surface area contributed by atoms with E-state index in [4.69, 9.17) is 5.26 Å². The minimum atomic E-state index is -0.528. The van der Waals surface area contributed by atoms with Crippen molar-refractivity contribution in [1.29, 1.82) is 5.26 Å². The molecule has 1 N–H and O–H groups in total. The predicted molar refractivity (Wildman–Crippen MR) is 81.2 cm³/mol. The Hall–Kier alpha value is -2.13. The lowest BCUT2D eigenvalue weighted by Crippen LogP contribution is -2.29. The van der Waals surface area contributed by atoms with E-state index in [9.17, 15) is 10.1 Å². The highest BCUT2D eigenvalue weighted by Crippen LogP contribution is 2.21. The number of hydrogen-bond donors (Lipinski definition) is 1. The lowest BCUT2D eigenvalue weighted by Gasteiger charge is -2.20. The smallest absolute Gasteiger partial charge is 0.287 e. The van der Waals surface area contributed by atoms with Gasteiger partial charge in [0, 0.05) is 24.8 Å². The van der Waals surface area contributed by atoms with Crippen molar-refractivity contribution in [3.05, 3.63) is 33.9 Å². The molecule has 1 aliphatic heterocycles. The van der Waals surface area contributed by atoms with E-state index in [2.05, 4.69) is 10.2 Å². The standard InChI is InChI=1S/C15H20N4O2/c16-12-13-11-14(5-6-15(13)19(20)21)17-7-10-18-8-3-1-2-4-9-18/h5-6,11,17H,1-4,7-10H2. The van der Waals surface area contributed by atoms with E-state index in [1.165, 1.54) is 31.7 Å². The van der Waals surface area contributed by atoms with Gasteiger partial charge >= 0.3 is 0 Å². The Kier molecular flexibility index (Phi) is 5.52. The Morgan fingerprint density at radius 1 is 1.29 bits per heavy atom. The third kappa shape index (κ3) is 4.43. The number of rotatable bonds is 5. The first-order chi connectivity index (χ1) is 10.2. The van der Waals surface area contributed by atoms with Crippen molar-refractivity contribution in [2.45, 2.75) is 25.7 Å². The number of nitrogens with one attached hydrogen (secondary N) is 1. The molecule has 1 saturated heterocycles. The van der Waals surface area contributed by atoms with Crippen LogP contribution in [0.25, 0.3) is 0 Å². The van der Waals surface area contributed by atoms with Gasteiger partial charge in [0.25, 0.3) is 5.69 Å². The highest BCUT2D eigenvalue weighted by molar-refractivity contribution is 5.58. The van der Waals surface area contributed by atoms with Crippen LogP contribution in [0.15, 0.2) is 18.2 Å². The molecular formula is C15H20N4O2. The van der Waals surface area contributed by atoms with Crippen molar-refractivity contribution in [3.8, 4) is 6.07 Å². The van der Waals surface area contributed by atoms with Gasteiger partial charge in [-0.25, -0.2) is 0 Å². The van der Waals surface area contributed by atoms with Gasteiger partial charge in [-0.1, -0.05) is 12.8 Å². The van der Waals surface area contributed by atoms with Crippen molar-refractivity contribution < 1.29 is 4.92 Å². The number of nitrogens with zero attached hydrogens (tertiary/aromatic N) is 3. The number of hydrogen-bond acceptors (Lipinski definition) is 5. The minimum Gasteiger partial charge on any atom is -0.384 e. The van der Waals surface area contributed by atoms with Crippen LogP contribution < -0.4 is 5.32 Å². The van der Waals surface area contributed by atoms with Crippen LogP contribution in [0, 0.1) is 21.4 Å². The second kappa shape index (κ2) is 7.60. The number of benzene rings is 1. The molecule has 0 atom stereocenters. The first-order valence-corrected chi connectivity index (χ1v) is 7.35. The van der Waals surface area contributed by atoms with Gasteiger partial charge in [0.2, 0.25) is 0 Å². The number of likely N-dealkylation sites (tertiary alicyclic amines) is 1. The summed E-state index contributed by atoms with van der Waals surface area (Å²) in [4.78, 5) is 12.7. The van der Waals surface area contributed by atoms with Gasteiger partial charge in [-0.2, -0.15) is 5.26 Å². The molecule has 1 fully saturated rings. The van der Waals surface area contributed by atoms with Crippen molar-refractivity contribution >= 4 is 11.4 Å². The van der Waals surface area contributed by atoms with E-state index in [1.807, 2.05) is 6.07 Å². The summed E-state index contributed by atoms with van der Waals surface area (Å²) in [5.74, 6) is 0. The summed E-state index contributed by atoms with van der Waals surface area (Å²) in [6.45, 7) is 4.03. The van der Waals surface area contributed by atoms with Crippen molar-refractivity contribution in [2.75, 3.05) is 31.5 Å². The van der Waals surface area contributed by atoms with Gasteiger partial charge in [0.1, 0.15) is 11.6 Å². The fraction of sp³-hybridized carbons (Fsp3) is 0.533. The Bertz CT molecular complexity index is 531. The first kappa shape index (κ1) is 15.3. The second-order valence-electron chi connectivity index (χ2n) is 5.28. The average Bonchev–Trinajstić information content (AvgIpc) is 2.75. The van der Waals surface area contributed by atoms with Crippen molar-refractivity contribution in [1.82, 2.24) is 4.90 Å². The zero-order valence-corrected chi connectivity index (χ0v) is 12.0. The summed E-state index contributed by atoms with van der Waals surface area (Å²) >= 11 is 0. The van der Waals surface area contributed by atoms with Gasteiger partial charge in [-0.3, -0.25) is 10.1 Å². The van der Waals surface area contributed by atoms with Gasteiger partial charge < -0.3 is 10.2 Å². The largest absolute Gasteiger partial charge is 0.384 e. The molecule has 1 aromatic rings. The van der Waals surface area contributed by atoms with Crippen LogP contribution in [0.3, 0.4) is 0 Å². The molecule has 0 spiro atoms. The highest BCUT2D eigenvalue weighted by Gasteiger charge is 2.14. The van der Waals surface area contributed by atoms with Gasteiger partial charge in [-0.15, -0.1) is 0 Å². The summed E-state index contributed by atoms with van der Waals surface area (Å²) in [6, 6.07) is 6.45. The van der Waals surface area contributed by atoms with Crippen LogP contribution in [-0.2, 0) is 0 Å². The topological polar surface area (TPSA) is 82.2 Å². The fourth-order valence-corrected chi connectivity index (χ4v) is 2.61. The fourth-order valence-electron chi connectivity index (χ4n) is 2.61. The van der Waals surface area contributed by atoms with Gasteiger partial charge in [-0.05, 0) is 38.1 Å². The number of nitro groups is 1. The van der Waals surface area contributed by atoms with Gasteiger partial charge in [0.05, 0.1) is 4.92 Å². The third-order valence-electron chi connectivity index (χ3n) is 3.77. The molecular weight excluding hydrogens is 268 g/mol. The van der Waals surface area contributed by atoms with E-state index < -0.39 is 4.92 Å².